The molecule has 1 saturated heterocycles. The number of aliphatic hydroxyl groups excluding tert-OH is 1. The first-order valence-corrected chi connectivity index (χ1v) is 6.11. The van der Waals surface area contributed by atoms with Crippen LogP contribution in [0.25, 0.3) is 0 Å². The van der Waals surface area contributed by atoms with Gasteiger partial charge >= 0.3 is 0 Å². The Morgan fingerprint density at radius 3 is 3.11 bits per heavy atom. The van der Waals surface area contributed by atoms with Crippen molar-refractivity contribution >= 4 is 5.91 Å². The van der Waals surface area contributed by atoms with Crippen LogP contribution >= 0.6 is 0 Å². The van der Waals surface area contributed by atoms with Crippen molar-refractivity contribution < 1.29 is 9.90 Å². The van der Waals surface area contributed by atoms with Crippen LogP contribution in [-0.2, 0) is 0 Å². The van der Waals surface area contributed by atoms with Crippen LogP contribution in [-0.4, -0.2) is 44.6 Å². The summed E-state index contributed by atoms with van der Waals surface area (Å²) in [5.74, 6) is -0.186. The number of carbonyl (C=O) groups is 1. The molecule has 1 aromatic heterocycles. The van der Waals surface area contributed by atoms with E-state index in [4.69, 9.17) is 0 Å². The highest BCUT2D eigenvalue weighted by molar-refractivity contribution is 5.92. The van der Waals surface area contributed by atoms with E-state index >= 15 is 0 Å². The highest BCUT2D eigenvalue weighted by Gasteiger charge is 2.30. The largest absolute Gasteiger partial charge is 0.393 e. The summed E-state index contributed by atoms with van der Waals surface area (Å²) in [5, 5.41) is 9.42. The number of carbonyl (C=O) groups excluding carboxylic acids is 1. The highest BCUT2D eigenvalue weighted by atomic mass is 16.3. The van der Waals surface area contributed by atoms with E-state index in [-0.39, 0.29) is 23.2 Å². The van der Waals surface area contributed by atoms with Gasteiger partial charge in [-0.1, -0.05) is 0 Å². The Kier molecular flexibility index (Phi) is 3.76. The molecule has 6 heteroatoms. The minimum atomic E-state index is -0.424. The maximum Gasteiger partial charge on any atom is 0.274 e. The van der Waals surface area contributed by atoms with Crippen molar-refractivity contribution in [3.05, 3.63) is 28.4 Å². The minimum Gasteiger partial charge on any atom is -0.393 e. The van der Waals surface area contributed by atoms with Crippen molar-refractivity contribution in [2.75, 3.05) is 6.54 Å². The molecule has 2 rings (SSSR count). The molecule has 2 atom stereocenters. The van der Waals surface area contributed by atoms with Crippen LogP contribution in [0.2, 0.25) is 0 Å². The summed E-state index contributed by atoms with van der Waals surface area (Å²) >= 11 is 0. The van der Waals surface area contributed by atoms with Gasteiger partial charge in [0, 0.05) is 18.8 Å². The van der Waals surface area contributed by atoms with Crippen LogP contribution in [0.1, 0.15) is 36.7 Å². The summed E-state index contributed by atoms with van der Waals surface area (Å²) in [7, 11) is 0. The molecule has 1 aliphatic heterocycles. The number of likely N-dealkylation sites (tertiary alicyclic amines) is 1. The van der Waals surface area contributed by atoms with E-state index in [0.29, 0.717) is 13.0 Å². The normalized spacial score (nSPS) is 21.0. The number of aromatic nitrogens is 2. The maximum absolute atomic E-state index is 12.2. The third-order valence-corrected chi connectivity index (χ3v) is 3.14. The van der Waals surface area contributed by atoms with Gasteiger partial charge in [0.05, 0.1) is 12.3 Å². The van der Waals surface area contributed by atoms with Gasteiger partial charge in [-0.25, -0.2) is 4.98 Å². The molecule has 1 fully saturated rings. The molecule has 0 radical (unpaired) electrons. The van der Waals surface area contributed by atoms with Crippen LogP contribution in [0.3, 0.4) is 0 Å². The van der Waals surface area contributed by atoms with Gasteiger partial charge in [-0.3, -0.25) is 9.59 Å². The highest BCUT2D eigenvalue weighted by Crippen LogP contribution is 2.22. The fourth-order valence-corrected chi connectivity index (χ4v) is 2.35. The molecule has 18 heavy (non-hydrogen) atoms. The van der Waals surface area contributed by atoms with Gasteiger partial charge in [-0.2, -0.15) is 0 Å². The number of hydrogen-bond acceptors (Lipinski definition) is 4. The summed E-state index contributed by atoms with van der Waals surface area (Å²) in [6.07, 6.45) is 4.43. The van der Waals surface area contributed by atoms with E-state index in [1.807, 2.05) is 0 Å². The summed E-state index contributed by atoms with van der Waals surface area (Å²) in [6.45, 7) is 2.40. The van der Waals surface area contributed by atoms with Gasteiger partial charge in [0.1, 0.15) is 5.69 Å². The molecule has 98 valence electrons. The Balaban J connectivity index is 2.12. The molecule has 0 saturated carbocycles. The second-order valence-corrected chi connectivity index (χ2v) is 4.68. The van der Waals surface area contributed by atoms with Crippen LogP contribution in [0.4, 0.5) is 0 Å². The molecule has 1 aliphatic rings. The van der Waals surface area contributed by atoms with E-state index in [9.17, 15) is 14.7 Å². The van der Waals surface area contributed by atoms with Gasteiger partial charge in [0.25, 0.3) is 11.5 Å². The first-order valence-electron chi connectivity index (χ1n) is 6.11. The number of rotatable bonds is 3. The van der Waals surface area contributed by atoms with Crippen LogP contribution in [0.5, 0.6) is 0 Å². The van der Waals surface area contributed by atoms with Gasteiger partial charge in [0.15, 0.2) is 0 Å². The average Bonchev–Trinajstić information content (AvgIpc) is 2.76. The molecular weight excluding hydrogens is 234 g/mol. The van der Waals surface area contributed by atoms with Crippen molar-refractivity contribution in [3.63, 3.8) is 0 Å². The fraction of sp³-hybridized carbons (Fsp3) is 0.583. The third kappa shape index (κ3) is 2.76. The molecule has 0 spiro atoms. The Morgan fingerprint density at radius 2 is 2.50 bits per heavy atom. The topological polar surface area (TPSA) is 86.3 Å². The van der Waals surface area contributed by atoms with Gasteiger partial charge in [-0.15, -0.1) is 0 Å². The molecule has 6 nitrogen and oxygen atoms in total. The Labute approximate surface area is 105 Å². The molecule has 2 heterocycles. The lowest BCUT2D eigenvalue weighted by Gasteiger charge is -2.25. The number of nitrogens with zero attached hydrogens (tertiary/aromatic N) is 2. The number of nitrogens with one attached hydrogen (secondary N) is 1. The zero-order chi connectivity index (χ0) is 13.1. The number of amides is 1. The molecule has 1 amide bonds. The Bertz CT molecular complexity index is 463. The lowest BCUT2D eigenvalue weighted by molar-refractivity contribution is 0.0675. The Morgan fingerprint density at radius 1 is 1.72 bits per heavy atom. The van der Waals surface area contributed by atoms with E-state index in [2.05, 4.69) is 9.97 Å². The predicted molar refractivity (Wildman–Crippen MR) is 65.2 cm³/mol. The van der Waals surface area contributed by atoms with Crippen molar-refractivity contribution in [3.8, 4) is 0 Å². The molecule has 0 aromatic carbocycles. The lowest BCUT2D eigenvalue weighted by Crippen LogP contribution is -2.37. The molecule has 2 N–H and O–H groups in total. The van der Waals surface area contributed by atoms with E-state index in [1.54, 1.807) is 11.8 Å². The van der Waals surface area contributed by atoms with Gasteiger partial charge in [0.2, 0.25) is 0 Å². The second-order valence-electron chi connectivity index (χ2n) is 4.68. The smallest absolute Gasteiger partial charge is 0.274 e. The number of aromatic amines is 1. The van der Waals surface area contributed by atoms with E-state index in [1.165, 1.54) is 6.20 Å². The van der Waals surface area contributed by atoms with Crippen molar-refractivity contribution in [2.45, 2.75) is 38.3 Å². The standard InChI is InChI=1S/C12H17N3O3/c1-8(16)5-9-3-2-4-15(9)12(18)10-6-14-11(17)7-13-10/h6-9,16H,2-5H2,1H3,(H,14,17). The summed E-state index contributed by atoms with van der Waals surface area (Å²) in [4.78, 5) is 31.1. The predicted octanol–water partition coefficient (Wildman–Crippen LogP) is 0.145. The maximum atomic E-state index is 12.2. The molecule has 2 unspecified atom stereocenters. The quantitative estimate of drug-likeness (QED) is 0.800. The summed E-state index contributed by atoms with van der Waals surface area (Å²) in [5.41, 5.74) is -0.0828. The molecular formula is C12H17N3O3. The summed E-state index contributed by atoms with van der Waals surface area (Å²) < 4.78 is 0. The van der Waals surface area contributed by atoms with Gasteiger partial charge in [-0.05, 0) is 26.2 Å². The number of aliphatic hydroxyl groups is 1. The fourth-order valence-electron chi connectivity index (χ4n) is 2.35. The van der Waals surface area contributed by atoms with E-state index < -0.39 is 6.10 Å². The third-order valence-electron chi connectivity index (χ3n) is 3.14. The van der Waals surface area contributed by atoms with E-state index in [0.717, 1.165) is 19.0 Å². The summed E-state index contributed by atoms with van der Waals surface area (Å²) in [6, 6.07) is 0.0613. The molecule has 0 bridgehead atoms. The monoisotopic (exact) mass is 251 g/mol. The lowest BCUT2D eigenvalue weighted by atomic mass is 10.1. The van der Waals surface area contributed by atoms with Crippen molar-refractivity contribution in [1.82, 2.24) is 14.9 Å². The zero-order valence-electron chi connectivity index (χ0n) is 10.3. The van der Waals surface area contributed by atoms with Crippen molar-refractivity contribution in [2.24, 2.45) is 0 Å². The molecule has 1 aromatic rings. The van der Waals surface area contributed by atoms with Crippen molar-refractivity contribution in [1.29, 1.82) is 0 Å². The minimum absolute atomic E-state index is 0.0613. The number of H-pyrrole nitrogens is 1. The van der Waals surface area contributed by atoms with Gasteiger partial charge < -0.3 is 15.0 Å². The second kappa shape index (κ2) is 5.30. The van der Waals surface area contributed by atoms with Crippen LogP contribution in [0, 0.1) is 0 Å². The first-order chi connectivity index (χ1) is 8.58. The first kappa shape index (κ1) is 12.8. The van der Waals surface area contributed by atoms with Crippen LogP contribution < -0.4 is 5.56 Å². The zero-order valence-corrected chi connectivity index (χ0v) is 10.3. The Hall–Kier alpha value is -1.69. The number of hydrogen-bond donors (Lipinski definition) is 2. The molecule has 0 aliphatic carbocycles. The average molecular weight is 251 g/mol. The van der Waals surface area contributed by atoms with Crippen LogP contribution in [0.15, 0.2) is 17.2 Å². The SMILES string of the molecule is CC(O)CC1CCCN1C(=O)c1c[nH]c(=O)cn1.